The molecule has 0 saturated carbocycles. The lowest BCUT2D eigenvalue weighted by Gasteiger charge is -2.01. The van der Waals surface area contributed by atoms with Crippen LogP contribution in [0.2, 0.25) is 0 Å². The Morgan fingerprint density at radius 3 is 2.94 bits per heavy atom. The van der Waals surface area contributed by atoms with E-state index < -0.39 is 0 Å². The van der Waals surface area contributed by atoms with Gasteiger partial charge in [0.2, 0.25) is 0 Å². The van der Waals surface area contributed by atoms with Gasteiger partial charge in [-0.1, -0.05) is 17.3 Å². The third kappa shape index (κ3) is 1.96. The van der Waals surface area contributed by atoms with Gasteiger partial charge in [-0.2, -0.15) is 0 Å². The molecule has 1 aromatic heterocycles. The number of halogens is 1. The maximum absolute atomic E-state index is 9.00. The maximum Gasteiger partial charge on any atom is 0.181 e. The highest BCUT2D eigenvalue weighted by Gasteiger charge is 2.14. The summed E-state index contributed by atoms with van der Waals surface area (Å²) in [5.74, 6) is 1.33. The van der Waals surface area contributed by atoms with Gasteiger partial charge in [-0.3, -0.25) is 0 Å². The number of benzene rings is 1. The first-order valence-corrected chi connectivity index (χ1v) is 5.45. The normalized spacial score (nSPS) is 10.4. The Labute approximate surface area is 101 Å². The van der Waals surface area contributed by atoms with Gasteiger partial charge < -0.3 is 14.4 Å². The smallest absolute Gasteiger partial charge is 0.181 e. The van der Waals surface area contributed by atoms with E-state index in [-0.39, 0.29) is 6.61 Å². The molecule has 0 aliphatic heterocycles. The van der Waals surface area contributed by atoms with E-state index >= 15 is 0 Å². The molecule has 0 unspecified atom stereocenters. The third-order valence-electron chi connectivity index (χ3n) is 2.18. The van der Waals surface area contributed by atoms with Crippen LogP contribution in [0.25, 0.3) is 11.3 Å². The van der Waals surface area contributed by atoms with Crippen LogP contribution in [0.5, 0.6) is 5.75 Å². The van der Waals surface area contributed by atoms with Crippen molar-refractivity contribution in [3.05, 3.63) is 34.4 Å². The number of hydrogen-bond acceptors (Lipinski definition) is 4. The van der Waals surface area contributed by atoms with Crippen LogP contribution >= 0.6 is 15.9 Å². The minimum absolute atomic E-state index is 0.159. The van der Waals surface area contributed by atoms with Crippen molar-refractivity contribution in [1.82, 2.24) is 5.16 Å². The van der Waals surface area contributed by atoms with Gasteiger partial charge in [0.05, 0.1) is 18.2 Å². The molecule has 16 heavy (non-hydrogen) atoms. The zero-order valence-corrected chi connectivity index (χ0v) is 10.2. The molecule has 2 rings (SSSR count). The van der Waals surface area contributed by atoms with Crippen LogP contribution < -0.4 is 4.74 Å². The van der Waals surface area contributed by atoms with Crippen LogP contribution in [-0.2, 0) is 6.61 Å². The van der Waals surface area contributed by atoms with Gasteiger partial charge in [-0.15, -0.1) is 0 Å². The van der Waals surface area contributed by atoms with Gasteiger partial charge in [-0.25, -0.2) is 0 Å². The van der Waals surface area contributed by atoms with Crippen molar-refractivity contribution in [3.63, 3.8) is 0 Å². The first kappa shape index (κ1) is 11.2. The molecule has 0 bridgehead atoms. The van der Waals surface area contributed by atoms with Gasteiger partial charge in [0, 0.05) is 5.56 Å². The summed E-state index contributed by atoms with van der Waals surface area (Å²) in [6.45, 7) is -0.159. The monoisotopic (exact) mass is 283 g/mol. The SMILES string of the molecule is COc1cccc(-c2onc(CO)c2Br)c1. The Balaban J connectivity index is 2.45. The van der Waals surface area contributed by atoms with E-state index in [1.54, 1.807) is 7.11 Å². The highest BCUT2D eigenvalue weighted by Crippen LogP contribution is 2.32. The lowest BCUT2D eigenvalue weighted by Crippen LogP contribution is -1.84. The first-order valence-electron chi connectivity index (χ1n) is 4.65. The molecule has 4 nitrogen and oxygen atoms in total. The van der Waals surface area contributed by atoms with Crippen molar-refractivity contribution in [1.29, 1.82) is 0 Å². The predicted molar refractivity (Wildman–Crippen MR) is 62.1 cm³/mol. The number of nitrogens with zero attached hydrogens (tertiary/aromatic N) is 1. The average molecular weight is 284 g/mol. The van der Waals surface area contributed by atoms with E-state index in [0.29, 0.717) is 15.9 Å². The van der Waals surface area contributed by atoms with E-state index in [4.69, 9.17) is 14.4 Å². The Hall–Kier alpha value is -1.33. The summed E-state index contributed by atoms with van der Waals surface area (Å²) in [7, 11) is 1.60. The van der Waals surface area contributed by atoms with Gasteiger partial charge in [0.1, 0.15) is 11.4 Å². The van der Waals surface area contributed by atoms with Gasteiger partial charge >= 0.3 is 0 Å². The molecule has 0 amide bonds. The number of methoxy groups -OCH3 is 1. The maximum atomic E-state index is 9.00. The number of aliphatic hydroxyl groups excluding tert-OH is 1. The second kappa shape index (κ2) is 4.67. The molecular weight excluding hydrogens is 274 g/mol. The summed E-state index contributed by atoms with van der Waals surface area (Å²) >= 11 is 3.34. The topological polar surface area (TPSA) is 55.5 Å². The number of rotatable bonds is 3. The number of aliphatic hydroxyl groups is 1. The summed E-state index contributed by atoms with van der Waals surface area (Å²) in [6, 6.07) is 7.43. The van der Waals surface area contributed by atoms with Crippen LogP contribution in [0.4, 0.5) is 0 Å². The third-order valence-corrected chi connectivity index (χ3v) is 3.00. The minimum Gasteiger partial charge on any atom is -0.497 e. The Morgan fingerprint density at radius 2 is 2.31 bits per heavy atom. The Kier molecular flexibility index (Phi) is 3.26. The fraction of sp³-hybridized carbons (Fsp3) is 0.182. The summed E-state index contributed by atoms with van der Waals surface area (Å²) < 4.78 is 11.0. The molecule has 0 atom stereocenters. The largest absolute Gasteiger partial charge is 0.497 e. The van der Waals surface area contributed by atoms with Crippen LogP contribution in [0.15, 0.2) is 33.3 Å². The summed E-state index contributed by atoms with van der Waals surface area (Å²) in [4.78, 5) is 0. The zero-order chi connectivity index (χ0) is 11.5. The predicted octanol–water partition coefficient (Wildman–Crippen LogP) is 2.61. The van der Waals surface area contributed by atoms with Crippen molar-refractivity contribution in [2.24, 2.45) is 0 Å². The molecule has 1 heterocycles. The molecule has 1 N–H and O–H groups in total. The molecule has 0 saturated heterocycles. The van der Waals surface area contributed by atoms with Crippen molar-refractivity contribution in [2.75, 3.05) is 7.11 Å². The zero-order valence-electron chi connectivity index (χ0n) is 8.61. The lowest BCUT2D eigenvalue weighted by molar-refractivity contribution is 0.266. The molecular formula is C11H10BrNO3. The van der Waals surface area contributed by atoms with Crippen molar-refractivity contribution < 1.29 is 14.4 Å². The summed E-state index contributed by atoms with van der Waals surface area (Å²) in [5.41, 5.74) is 1.33. The number of ether oxygens (including phenoxy) is 1. The van der Waals surface area contributed by atoms with E-state index in [2.05, 4.69) is 21.1 Å². The van der Waals surface area contributed by atoms with Gasteiger partial charge in [0.25, 0.3) is 0 Å². The highest BCUT2D eigenvalue weighted by atomic mass is 79.9. The van der Waals surface area contributed by atoms with Gasteiger partial charge in [0.15, 0.2) is 5.76 Å². The standard InChI is InChI=1S/C11H10BrNO3/c1-15-8-4-2-3-7(5-8)11-10(12)9(6-14)13-16-11/h2-5,14H,6H2,1H3. The van der Waals surface area contributed by atoms with Crippen LogP contribution in [0.1, 0.15) is 5.69 Å². The molecule has 0 radical (unpaired) electrons. The number of aromatic nitrogens is 1. The molecule has 1 aromatic carbocycles. The van der Waals surface area contributed by atoms with E-state index in [0.717, 1.165) is 11.3 Å². The summed E-state index contributed by atoms with van der Waals surface area (Å²) in [5, 5.41) is 12.8. The molecule has 0 fully saturated rings. The Morgan fingerprint density at radius 1 is 1.50 bits per heavy atom. The fourth-order valence-electron chi connectivity index (χ4n) is 1.35. The van der Waals surface area contributed by atoms with E-state index in [9.17, 15) is 0 Å². The lowest BCUT2D eigenvalue weighted by atomic mass is 10.1. The first-order chi connectivity index (χ1) is 7.76. The van der Waals surface area contributed by atoms with Crippen molar-refractivity contribution in [2.45, 2.75) is 6.61 Å². The van der Waals surface area contributed by atoms with Crippen LogP contribution in [0.3, 0.4) is 0 Å². The number of hydrogen-bond donors (Lipinski definition) is 1. The minimum atomic E-state index is -0.159. The molecule has 0 spiro atoms. The van der Waals surface area contributed by atoms with Crippen molar-refractivity contribution >= 4 is 15.9 Å². The second-order valence-electron chi connectivity index (χ2n) is 3.16. The van der Waals surface area contributed by atoms with Crippen LogP contribution in [0, 0.1) is 0 Å². The fourth-order valence-corrected chi connectivity index (χ4v) is 1.85. The quantitative estimate of drug-likeness (QED) is 0.941. The Bertz CT molecular complexity index is 496. The van der Waals surface area contributed by atoms with Gasteiger partial charge in [-0.05, 0) is 28.1 Å². The van der Waals surface area contributed by atoms with Crippen molar-refractivity contribution in [3.8, 4) is 17.1 Å². The molecule has 84 valence electrons. The van der Waals surface area contributed by atoms with E-state index in [1.807, 2.05) is 24.3 Å². The molecule has 0 aliphatic carbocycles. The average Bonchev–Trinajstić information content (AvgIpc) is 2.70. The molecule has 2 aromatic rings. The molecule has 0 aliphatic rings. The highest BCUT2D eigenvalue weighted by molar-refractivity contribution is 9.10. The second-order valence-corrected chi connectivity index (χ2v) is 3.96. The van der Waals surface area contributed by atoms with E-state index in [1.165, 1.54) is 0 Å². The molecule has 5 heteroatoms. The summed E-state index contributed by atoms with van der Waals surface area (Å²) in [6.07, 6.45) is 0. The van der Waals surface area contributed by atoms with Crippen LogP contribution in [-0.4, -0.2) is 17.4 Å².